The van der Waals surface area contributed by atoms with Gasteiger partial charge in [0.15, 0.2) is 0 Å². The van der Waals surface area contributed by atoms with Crippen molar-refractivity contribution < 1.29 is 0 Å². The number of benzene rings is 8. The van der Waals surface area contributed by atoms with E-state index in [-0.39, 0.29) is 0 Å². The maximum Gasteiger partial charge on any atom is 0.0527 e. The van der Waals surface area contributed by atoms with Gasteiger partial charge in [-0.2, -0.15) is 0 Å². The van der Waals surface area contributed by atoms with Gasteiger partial charge in [0.1, 0.15) is 0 Å². The molecule has 0 unspecified atom stereocenters. The summed E-state index contributed by atoms with van der Waals surface area (Å²) in [6, 6.07) is 54.3. The van der Waals surface area contributed by atoms with Crippen LogP contribution in [-0.4, -0.2) is 0 Å². The molecule has 0 saturated carbocycles. The summed E-state index contributed by atoms with van der Waals surface area (Å²) in [6.07, 6.45) is 0. The molecule has 0 saturated heterocycles. The van der Waals surface area contributed by atoms with Crippen molar-refractivity contribution in [2.24, 2.45) is 0 Å². The summed E-state index contributed by atoms with van der Waals surface area (Å²) < 4.78 is 0. The molecule has 2 aromatic heterocycles. The largest absolute Gasteiger partial charge is 0.143 e. The van der Waals surface area contributed by atoms with Gasteiger partial charge >= 0.3 is 0 Å². The topological polar surface area (TPSA) is 0 Å². The fourth-order valence-electron chi connectivity index (χ4n) is 7.15. The molecule has 10 rings (SSSR count). The Morgan fingerprint density at radius 1 is 0.326 bits per heavy atom. The first-order valence-corrected chi connectivity index (χ1v) is 17.4. The van der Waals surface area contributed by atoms with E-state index in [2.05, 4.69) is 156 Å². The molecule has 46 heavy (non-hydrogen) atoms. The first kappa shape index (κ1) is 26.0. The summed E-state index contributed by atoms with van der Waals surface area (Å²) in [4.78, 5) is 2.65. The van der Waals surface area contributed by atoms with Crippen molar-refractivity contribution in [3.05, 3.63) is 156 Å². The second-order valence-corrected chi connectivity index (χ2v) is 14.1. The number of rotatable bonds is 3. The Bertz CT molecular complexity index is 2800. The van der Waals surface area contributed by atoms with E-state index in [4.69, 9.17) is 0 Å². The summed E-state index contributed by atoms with van der Waals surface area (Å²) in [6.45, 7) is 0. The van der Waals surface area contributed by atoms with Crippen molar-refractivity contribution >= 4 is 87.3 Å². The summed E-state index contributed by atoms with van der Waals surface area (Å²) in [5, 5.41) is 19.9. The van der Waals surface area contributed by atoms with Crippen LogP contribution in [0.5, 0.6) is 0 Å². The molecule has 0 N–H and O–H groups in total. The van der Waals surface area contributed by atoms with Crippen molar-refractivity contribution in [2.45, 2.75) is 0 Å². The van der Waals surface area contributed by atoms with Gasteiger partial charge in [-0.3, -0.25) is 0 Å². The first-order valence-electron chi connectivity index (χ1n) is 15.6. The molecule has 2 heteroatoms. The minimum atomic E-state index is 1.26. The molecule has 0 nitrogen and oxygen atoms in total. The van der Waals surface area contributed by atoms with Crippen LogP contribution in [0, 0.1) is 0 Å². The zero-order valence-corrected chi connectivity index (χ0v) is 26.5. The highest BCUT2D eigenvalue weighted by atomic mass is 32.1. The molecule has 8 aromatic carbocycles. The Balaban J connectivity index is 1.16. The van der Waals surface area contributed by atoms with Crippen LogP contribution in [-0.2, 0) is 0 Å². The van der Waals surface area contributed by atoms with Crippen molar-refractivity contribution in [1.29, 1.82) is 0 Å². The third-order valence-corrected chi connectivity index (χ3v) is 11.5. The van der Waals surface area contributed by atoms with E-state index in [0.29, 0.717) is 0 Å². The van der Waals surface area contributed by atoms with E-state index >= 15 is 0 Å². The fraction of sp³-hybridized carbons (Fsp3) is 0. The van der Waals surface area contributed by atoms with Crippen molar-refractivity contribution in [1.82, 2.24) is 0 Å². The second-order valence-electron chi connectivity index (χ2n) is 12.3. The van der Waals surface area contributed by atoms with E-state index in [0.717, 1.165) is 0 Å². The Hall–Kier alpha value is -5.28. The molecule has 0 aliphatic carbocycles. The molecule has 0 aliphatic rings. The number of hydrogen-bond donors (Lipinski definition) is 0. The van der Waals surface area contributed by atoms with Gasteiger partial charge in [0.25, 0.3) is 0 Å². The molecule has 0 bridgehead atoms. The molecule has 0 radical (unpaired) electrons. The maximum absolute atomic E-state index is 2.40. The van der Waals surface area contributed by atoms with Gasteiger partial charge in [-0.15, -0.1) is 22.7 Å². The fourth-order valence-corrected chi connectivity index (χ4v) is 9.13. The highest BCUT2D eigenvalue weighted by Crippen LogP contribution is 2.47. The minimum absolute atomic E-state index is 1.26. The van der Waals surface area contributed by atoms with Crippen molar-refractivity contribution in [3.8, 4) is 32.0 Å². The maximum atomic E-state index is 2.40. The van der Waals surface area contributed by atoms with Gasteiger partial charge in [-0.05, 0) is 153 Å². The van der Waals surface area contributed by atoms with Gasteiger partial charge < -0.3 is 0 Å². The predicted octanol–water partition coefficient (Wildman–Crippen LogP) is 13.7. The van der Waals surface area contributed by atoms with Crippen LogP contribution in [0.25, 0.3) is 96.6 Å². The Morgan fingerprint density at radius 2 is 0.761 bits per heavy atom. The SMILES string of the molecule is c1csc(-c2scc(-c3ccc4cc5cc6ccccc6cc5cc4c3)c2-c2ccc3cc4cc5ccccc5cc4cc3c2)c1. The highest BCUT2D eigenvalue weighted by Gasteiger charge is 2.18. The van der Waals surface area contributed by atoms with Crippen LogP contribution in [0.3, 0.4) is 0 Å². The average Bonchev–Trinajstić information content (AvgIpc) is 3.78. The zero-order valence-electron chi connectivity index (χ0n) is 24.8. The molecule has 0 aliphatic heterocycles. The molecule has 10 aromatic rings. The molecule has 214 valence electrons. The Kier molecular flexibility index (Phi) is 5.72. The van der Waals surface area contributed by atoms with Crippen LogP contribution in [0.1, 0.15) is 0 Å². The quantitative estimate of drug-likeness (QED) is 0.173. The molecule has 0 spiro atoms. The van der Waals surface area contributed by atoms with Crippen molar-refractivity contribution in [3.63, 3.8) is 0 Å². The van der Waals surface area contributed by atoms with Crippen LogP contribution >= 0.6 is 22.7 Å². The van der Waals surface area contributed by atoms with Gasteiger partial charge in [0, 0.05) is 16.0 Å². The smallest absolute Gasteiger partial charge is 0.0527 e. The molecule has 2 heterocycles. The number of fused-ring (bicyclic) bond motifs is 6. The lowest BCUT2D eigenvalue weighted by atomic mass is 9.92. The molecular weight excluding hydrogens is 593 g/mol. The standard InChI is InChI=1S/C44H26S2/c1-3-8-29-18-39-24-35-22-33(13-11-31(35)20-37(39)16-27(29)6-1)41-26-46-44(42-10-5-15-45-42)43(41)34-14-12-32-21-38-17-28-7-2-4-9-30(28)19-40(38)25-36(32)23-34/h1-26H. The molecule has 0 amide bonds. The third-order valence-electron chi connectivity index (χ3n) is 9.46. The normalized spacial score (nSPS) is 11.9. The summed E-state index contributed by atoms with van der Waals surface area (Å²) in [7, 11) is 0. The third kappa shape index (κ3) is 4.19. The predicted molar refractivity (Wildman–Crippen MR) is 204 cm³/mol. The van der Waals surface area contributed by atoms with Gasteiger partial charge in [0.05, 0.1) is 4.88 Å². The second kappa shape index (κ2) is 10.1. The summed E-state index contributed by atoms with van der Waals surface area (Å²) in [5.41, 5.74) is 5.13. The lowest BCUT2D eigenvalue weighted by Gasteiger charge is -2.12. The van der Waals surface area contributed by atoms with E-state index in [1.807, 2.05) is 22.7 Å². The Morgan fingerprint density at radius 3 is 1.26 bits per heavy atom. The number of thiophene rings is 2. The van der Waals surface area contributed by atoms with E-state index < -0.39 is 0 Å². The summed E-state index contributed by atoms with van der Waals surface area (Å²) >= 11 is 3.67. The van der Waals surface area contributed by atoms with Crippen LogP contribution in [0.4, 0.5) is 0 Å². The van der Waals surface area contributed by atoms with Crippen molar-refractivity contribution in [2.75, 3.05) is 0 Å². The van der Waals surface area contributed by atoms with Crippen LogP contribution in [0.15, 0.2) is 156 Å². The van der Waals surface area contributed by atoms with E-state index in [9.17, 15) is 0 Å². The number of hydrogen-bond acceptors (Lipinski definition) is 2. The summed E-state index contributed by atoms with van der Waals surface area (Å²) in [5.74, 6) is 0. The molecule has 0 atom stereocenters. The minimum Gasteiger partial charge on any atom is -0.143 e. The van der Waals surface area contributed by atoms with Gasteiger partial charge in [-0.1, -0.05) is 78.9 Å². The van der Waals surface area contributed by atoms with Gasteiger partial charge in [-0.25, -0.2) is 0 Å². The highest BCUT2D eigenvalue weighted by molar-refractivity contribution is 7.21. The lowest BCUT2D eigenvalue weighted by molar-refractivity contribution is 1.69. The zero-order chi connectivity index (χ0) is 30.2. The average molecular weight is 619 g/mol. The van der Waals surface area contributed by atoms with Crippen LogP contribution in [0.2, 0.25) is 0 Å². The molecule has 0 fully saturated rings. The Labute approximate surface area is 274 Å². The van der Waals surface area contributed by atoms with Crippen LogP contribution < -0.4 is 0 Å². The lowest BCUT2D eigenvalue weighted by Crippen LogP contribution is -1.86. The van der Waals surface area contributed by atoms with Gasteiger partial charge in [0.2, 0.25) is 0 Å². The first-order chi connectivity index (χ1) is 22.7. The van der Waals surface area contributed by atoms with E-state index in [1.54, 1.807) is 0 Å². The monoisotopic (exact) mass is 618 g/mol. The van der Waals surface area contributed by atoms with E-state index in [1.165, 1.54) is 96.6 Å². The molecular formula is C44H26S2.